The predicted molar refractivity (Wildman–Crippen MR) is 107 cm³/mol. The molecule has 0 aromatic carbocycles. The molecule has 3 fully saturated rings. The highest BCUT2D eigenvalue weighted by Gasteiger charge is 2.58. The molecule has 4 rings (SSSR count). The molecule has 3 saturated carbocycles. The van der Waals surface area contributed by atoms with Crippen molar-refractivity contribution in [2.24, 2.45) is 39.4 Å². The summed E-state index contributed by atoms with van der Waals surface area (Å²) in [7, 11) is 0. The molecule has 28 heavy (non-hydrogen) atoms. The highest BCUT2D eigenvalue weighted by Crippen LogP contribution is 2.64. The maximum Gasteiger partial charge on any atom is 0.332 e. The average Bonchev–Trinajstić information content (AvgIpc) is 2.96. The average molecular weight is 388 g/mol. The molecule has 0 heterocycles. The molecule has 0 aromatic heterocycles. The van der Waals surface area contributed by atoms with Gasteiger partial charge in [-0.15, -0.1) is 0 Å². The van der Waals surface area contributed by atoms with Crippen LogP contribution in [0.1, 0.15) is 72.1 Å². The molecule has 0 saturated heterocycles. The van der Waals surface area contributed by atoms with Gasteiger partial charge in [0.1, 0.15) is 6.10 Å². The van der Waals surface area contributed by atoms with Gasteiger partial charge < -0.3 is 10.5 Å². The summed E-state index contributed by atoms with van der Waals surface area (Å²) >= 11 is 0. The number of nitrogens with one attached hydrogen (secondary N) is 1. The molecule has 0 aromatic rings. The van der Waals surface area contributed by atoms with Crippen molar-refractivity contribution in [3.63, 3.8) is 0 Å². The highest BCUT2D eigenvalue weighted by molar-refractivity contribution is 5.93. The number of nitrogens with zero attached hydrogens (tertiary/aromatic N) is 1. The van der Waals surface area contributed by atoms with Crippen LogP contribution in [0.2, 0.25) is 0 Å². The Hall–Kier alpha value is -1.85. The lowest BCUT2D eigenvalue weighted by molar-refractivity contribution is -0.148. The summed E-state index contributed by atoms with van der Waals surface area (Å²) in [5, 5.41) is 4.38. The van der Waals surface area contributed by atoms with Crippen molar-refractivity contribution in [2.75, 3.05) is 0 Å². The van der Waals surface area contributed by atoms with Crippen molar-refractivity contribution in [1.82, 2.24) is 5.43 Å². The van der Waals surface area contributed by atoms with Crippen LogP contribution >= 0.6 is 0 Å². The second-order valence-corrected chi connectivity index (χ2v) is 9.76. The van der Waals surface area contributed by atoms with Crippen molar-refractivity contribution >= 4 is 17.7 Å². The van der Waals surface area contributed by atoms with Gasteiger partial charge in [0.2, 0.25) is 0 Å². The Morgan fingerprint density at radius 1 is 1.18 bits per heavy atom. The highest BCUT2D eigenvalue weighted by atomic mass is 16.5. The number of allylic oxidation sites excluding steroid dienone is 1. The quantitative estimate of drug-likeness (QED) is 0.427. The first-order chi connectivity index (χ1) is 13.2. The van der Waals surface area contributed by atoms with Crippen molar-refractivity contribution in [3.05, 3.63) is 11.6 Å². The number of ether oxygens (including phenoxy) is 1. The topological polar surface area (TPSA) is 93.8 Å². The van der Waals surface area contributed by atoms with Crippen LogP contribution in [0, 0.1) is 28.6 Å². The number of hydrogen-bond acceptors (Lipinski definition) is 4. The molecule has 154 valence electrons. The molecule has 0 spiro atoms. The van der Waals surface area contributed by atoms with Gasteiger partial charge in [-0.25, -0.2) is 10.2 Å². The predicted octanol–water partition coefficient (Wildman–Crippen LogP) is 3.91. The fourth-order valence-electron chi connectivity index (χ4n) is 7.06. The first-order valence-corrected chi connectivity index (χ1v) is 10.7. The molecule has 0 aliphatic heterocycles. The lowest BCUT2D eigenvalue weighted by Crippen LogP contribution is -2.50. The van der Waals surface area contributed by atoms with Crippen LogP contribution in [0.3, 0.4) is 0 Å². The first-order valence-electron chi connectivity index (χ1n) is 10.7. The van der Waals surface area contributed by atoms with Crippen LogP contribution in [0.15, 0.2) is 16.8 Å². The van der Waals surface area contributed by atoms with Gasteiger partial charge >= 0.3 is 12.0 Å². The first kappa shape index (κ1) is 19.5. The van der Waals surface area contributed by atoms with Gasteiger partial charge in [-0.3, -0.25) is 4.79 Å². The zero-order chi connectivity index (χ0) is 20.1. The second-order valence-electron chi connectivity index (χ2n) is 9.76. The van der Waals surface area contributed by atoms with Crippen LogP contribution < -0.4 is 11.2 Å². The van der Waals surface area contributed by atoms with E-state index in [2.05, 4.69) is 30.5 Å². The van der Waals surface area contributed by atoms with Gasteiger partial charge in [0, 0.05) is 24.5 Å². The Balaban J connectivity index is 1.56. The maximum atomic E-state index is 11.4. The lowest BCUT2D eigenvalue weighted by Gasteiger charge is -2.57. The molecule has 3 N–H and O–H groups in total. The minimum absolute atomic E-state index is 0.0484. The van der Waals surface area contributed by atoms with Crippen molar-refractivity contribution in [3.8, 4) is 0 Å². The third-order valence-electron chi connectivity index (χ3n) is 8.43. The molecule has 0 radical (unpaired) electrons. The minimum Gasteiger partial charge on any atom is -0.462 e. The molecule has 4 aliphatic rings. The number of carbonyl (C=O) groups is 2. The zero-order valence-electron chi connectivity index (χ0n) is 17.3. The standard InChI is InChI=1S/C22H33N3O3/c1-13(26)28-15-8-10-21(2)14(12-15)4-5-16-17-6-7-19(24-25-20(23)27)22(17,3)11-9-18(16)21/h4,15-18H,5-12H2,1-3H3,(H3,23,25,27). The summed E-state index contributed by atoms with van der Waals surface area (Å²) in [6.07, 6.45) is 11.0. The molecule has 6 unspecified atom stereocenters. The SMILES string of the molecule is CC(=O)OC1CCC2(C)C(=CCC3C2CCC2(C)C(=NNC(N)=O)CCC32)C1. The van der Waals surface area contributed by atoms with Gasteiger partial charge in [-0.05, 0) is 68.1 Å². The number of esters is 1. The number of urea groups is 1. The van der Waals surface area contributed by atoms with Crippen molar-refractivity contribution in [1.29, 1.82) is 0 Å². The van der Waals surface area contributed by atoms with Crippen LogP contribution in [-0.2, 0) is 9.53 Å². The Morgan fingerprint density at radius 2 is 1.89 bits per heavy atom. The Bertz CT molecular complexity index is 745. The summed E-state index contributed by atoms with van der Waals surface area (Å²) in [6, 6.07) is -0.587. The van der Waals surface area contributed by atoms with Gasteiger partial charge in [0.05, 0.1) is 0 Å². The summed E-state index contributed by atoms with van der Waals surface area (Å²) in [6.45, 7) is 6.29. The third kappa shape index (κ3) is 3.05. The van der Waals surface area contributed by atoms with E-state index in [0.717, 1.165) is 50.7 Å². The lowest BCUT2D eigenvalue weighted by atomic mass is 9.48. The van der Waals surface area contributed by atoms with Crippen molar-refractivity contribution in [2.45, 2.75) is 78.2 Å². The van der Waals surface area contributed by atoms with Gasteiger partial charge in [0.25, 0.3) is 0 Å². The molecule has 2 amide bonds. The summed E-state index contributed by atoms with van der Waals surface area (Å²) in [5.41, 5.74) is 10.6. The fraction of sp³-hybridized carbons (Fsp3) is 0.773. The van der Waals surface area contributed by atoms with E-state index in [-0.39, 0.29) is 22.9 Å². The van der Waals surface area contributed by atoms with Crippen molar-refractivity contribution < 1.29 is 14.3 Å². The van der Waals surface area contributed by atoms with E-state index < -0.39 is 6.03 Å². The molecule has 6 nitrogen and oxygen atoms in total. The largest absolute Gasteiger partial charge is 0.462 e. The Labute approximate surface area is 167 Å². The number of rotatable bonds is 2. The van der Waals surface area contributed by atoms with Crippen LogP contribution in [-0.4, -0.2) is 23.8 Å². The van der Waals surface area contributed by atoms with E-state index in [1.54, 1.807) is 0 Å². The van der Waals surface area contributed by atoms with E-state index >= 15 is 0 Å². The summed E-state index contributed by atoms with van der Waals surface area (Å²) < 4.78 is 5.53. The maximum absolute atomic E-state index is 11.4. The van der Waals surface area contributed by atoms with Gasteiger partial charge in [-0.1, -0.05) is 25.5 Å². The molecule has 6 atom stereocenters. The van der Waals surface area contributed by atoms with E-state index in [1.165, 1.54) is 18.9 Å². The Kier molecular flexibility index (Phi) is 4.79. The number of hydrazone groups is 1. The van der Waals surface area contributed by atoms with Gasteiger partial charge in [-0.2, -0.15) is 5.10 Å². The van der Waals surface area contributed by atoms with Crippen LogP contribution in [0.25, 0.3) is 0 Å². The number of fused-ring (bicyclic) bond motifs is 5. The molecular weight excluding hydrogens is 354 g/mol. The molecule has 6 heteroatoms. The second kappa shape index (κ2) is 6.89. The summed E-state index contributed by atoms with van der Waals surface area (Å²) in [5.74, 6) is 1.80. The number of amides is 2. The smallest absolute Gasteiger partial charge is 0.332 e. The number of nitrogens with two attached hydrogens (primary N) is 1. The number of hydrogen-bond donors (Lipinski definition) is 2. The van der Waals surface area contributed by atoms with E-state index in [9.17, 15) is 9.59 Å². The molecule has 4 aliphatic carbocycles. The monoisotopic (exact) mass is 387 g/mol. The normalized spacial score (nSPS) is 43.4. The van der Waals surface area contributed by atoms with Crippen LogP contribution in [0.5, 0.6) is 0 Å². The van der Waals surface area contributed by atoms with Crippen LogP contribution in [0.4, 0.5) is 4.79 Å². The fourth-order valence-corrected chi connectivity index (χ4v) is 7.06. The molecular formula is C22H33N3O3. The minimum atomic E-state index is -0.587. The molecule has 0 bridgehead atoms. The summed E-state index contributed by atoms with van der Waals surface area (Å²) in [4.78, 5) is 22.5. The third-order valence-corrected chi connectivity index (χ3v) is 8.43. The zero-order valence-corrected chi connectivity index (χ0v) is 17.3. The van der Waals surface area contributed by atoms with E-state index in [1.807, 2.05) is 0 Å². The Morgan fingerprint density at radius 3 is 2.61 bits per heavy atom. The number of carbonyl (C=O) groups excluding carboxylic acids is 2. The number of primary amides is 1. The van der Waals surface area contributed by atoms with E-state index in [0.29, 0.717) is 17.8 Å². The van der Waals surface area contributed by atoms with E-state index in [4.69, 9.17) is 10.5 Å². The van der Waals surface area contributed by atoms with Gasteiger partial charge in [0.15, 0.2) is 0 Å².